The summed E-state index contributed by atoms with van der Waals surface area (Å²) in [5.74, 6) is -0.556. The molecule has 0 amide bonds. The van der Waals surface area contributed by atoms with E-state index >= 15 is 0 Å². The van der Waals surface area contributed by atoms with E-state index in [2.05, 4.69) is 6.92 Å². The van der Waals surface area contributed by atoms with Gasteiger partial charge in [0.15, 0.2) is 0 Å². The van der Waals surface area contributed by atoms with Crippen LogP contribution in [0.3, 0.4) is 0 Å². The molecule has 4 nitrogen and oxygen atoms in total. The third-order valence-corrected chi connectivity index (χ3v) is 3.42. The van der Waals surface area contributed by atoms with Crippen molar-refractivity contribution in [3.8, 4) is 0 Å². The molecule has 0 fully saturated rings. The zero-order chi connectivity index (χ0) is 17.2. The topological polar surface area (TPSA) is 80.4 Å². The Kier molecular flexibility index (Phi) is 26.8. The summed E-state index contributed by atoms with van der Waals surface area (Å²) < 4.78 is 0. The van der Waals surface area contributed by atoms with Gasteiger partial charge in [0, 0.05) is 0 Å². The van der Waals surface area contributed by atoms with Crippen LogP contribution in [0.4, 0.5) is 0 Å². The maximum atomic E-state index is 10.1. The van der Waals surface area contributed by atoms with Gasteiger partial charge in [-0.25, -0.2) is 0 Å². The number of carboxylic acids is 1. The summed E-state index contributed by atoms with van der Waals surface area (Å²) in [6, 6.07) is -0.690. The molecule has 0 saturated carbocycles. The zero-order valence-corrected chi connectivity index (χ0v) is 17.8. The van der Waals surface area contributed by atoms with Gasteiger partial charge in [0.05, 0.1) is 0 Å². The second-order valence-electron chi connectivity index (χ2n) is 6.30. The Morgan fingerprint density at radius 2 is 1.43 bits per heavy atom. The van der Waals surface area contributed by atoms with Crippen molar-refractivity contribution in [3.63, 3.8) is 0 Å². The van der Waals surface area contributed by atoms with Crippen LogP contribution in [0.15, 0.2) is 0 Å². The molecule has 0 aromatic heterocycles. The average molecular weight is 337 g/mol. The fourth-order valence-corrected chi connectivity index (χ4v) is 2.12. The molecule has 0 aliphatic rings. The molecule has 0 rings (SSSR count). The number of carbonyl (C=O) groups is 1. The van der Waals surface area contributed by atoms with E-state index in [1.54, 1.807) is 0 Å². The predicted octanol–water partition coefficient (Wildman–Crippen LogP) is 1.47. The van der Waals surface area contributed by atoms with Crippen molar-refractivity contribution in [2.24, 2.45) is 11.7 Å². The Morgan fingerprint density at radius 1 is 1.00 bits per heavy atom. The second-order valence-corrected chi connectivity index (χ2v) is 6.30. The minimum absolute atomic E-state index is 0. The molecule has 5 heteroatoms. The van der Waals surface area contributed by atoms with Gasteiger partial charge in [-0.1, -0.05) is 78.6 Å². The number of carbonyl (C=O) groups excluding carboxylic acids is 1. The van der Waals surface area contributed by atoms with Crippen LogP contribution in [0, 0.1) is 5.92 Å². The first-order valence-electron chi connectivity index (χ1n) is 8.79. The molecule has 0 spiro atoms. The molecule has 3 N–H and O–H groups in total. The van der Waals surface area contributed by atoms with Crippen molar-refractivity contribution < 1.29 is 44.3 Å². The number of unbranched alkanes of at least 4 members (excludes halogenated alkanes) is 9. The van der Waals surface area contributed by atoms with Gasteiger partial charge in [0.1, 0.15) is 6.04 Å². The SMILES string of the molecule is CC(C)C[C@H](N)C(=O)O.CCCCCCCCCCC[C-]=O.[Na+]. The minimum atomic E-state index is -0.913. The summed E-state index contributed by atoms with van der Waals surface area (Å²) in [5, 5.41) is 8.31. The largest absolute Gasteiger partial charge is 1.00 e. The molecule has 0 aliphatic heterocycles. The molecular weight excluding hydrogens is 301 g/mol. The van der Waals surface area contributed by atoms with Crippen LogP contribution in [0.25, 0.3) is 0 Å². The van der Waals surface area contributed by atoms with Crippen LogP contribution in [-0.2, 0) is 9.59 Å². The monoisotopic (exact) mass is 337 g/mol. The van der Waals surface area contributed by atoms with Crippen molar-refractivity contribution in [1.82, 2.24) is 0 Å². The maximum Gasteiger partial charge on any atom is 1.00 e. The van der Waals surface area contributed by atoms with E-state index < -0.39 is 12.0 Å². The summed E-state index contributed by atoms with van der Waals surface area (Å²) in [6.45, 7) is 6.14. The summed E-state index contributed by atoms with van der Waals surface area (Å²) in [6.07, 6.45) is 14.9. The number of hydrogen-bond acceptors (Lipinski definition) is 3. The van der Waals surface area contributed by atoms with Gasteiger partial charge >= 0.3 is 35.5 Å². The number of hydrogen-bond donors (Lipinski definition) is 2. The standard InChI is InChI=1S/C12H23O.C6H13NO2.Na/c1-2-3-4-5-6-7-8-9-10-11-12-13;1-4(2)3-5(7)6(8)9;/h2-11H2,1H3;4-5H,3,7H2,1-2H3,(H,8,9);/q-1;;+1/t;5-;/m.0./s1. The summed E-state index contributed by atoms with van der Waals surface area (Å²) in [5.41, 5.74) is 5.22. The Bertz CT molecular complexity index is 261. The number of aliphatic carboxylic acids is 1. The Morgan fingerprint density at radius 3 is 1.74 bits per heavy atom. The van der Waals surface area contributed by atoms with Crippen molar-refractivity contribution in [2.75, 3.05) is 0 Å². The van der Waals surface area contributed by atoms with Gasteiger partial charge in [-0.3, -0.25) is 11.1 Å². The van der Waals surface area contributed by atoms with E-state index in [0.717, 1.165) is 6.42 Å². The Balaban J connectivity index is -0.000000354. The summed E-state index contributed by atoms with van der Waals surface area (Å²) >= 11 is 0. The molecule has 23 heavy (non-hydrogen) atoms. The fourth-order valence-electron chi connectivity index (χ4n) is 2.12. The normalized spacial score (nSPS) is 11.2. The van der Waals surface area contributed by atoms with Crippen LogP contribution in [0.1, 0.15) is 91.4 Å². The first-order chi connectivity index (χ1) is 10.5. The molecule has 0 heterocycles. The Labute approximate surface area is 165 Å². The van der Waals surface area contributed by atoms with Crippen LogP contribution in [-0.4, -0.2) is 23.4 Å². The van der Waals surface area contributed by atoms with E-state index in [9.17, 15) is 9.59 Å². The van der Waals surface area contributed by atoms with E-state index in [1.165, 1.54) is 51.4 Å². The van der Waals surface area contributed by atoms with Gasteiger partial charge in [0.2, 0.25) is 0 Å². The number of rotatable bonds is 13. The van der Waals surface area contributed by atoms with E-state index in [0.29, 0.717) is 18.8 Å². The predicted molar refractivity (Wildman–Crippen MR) is 92.6 cm³/mol. The molecule has 0 aromatic carbocycles. The fraction of sp³-hybridized carbons (Fsp3) is 0.889. The van der Waals surface area contributed by atoms with Crippen LogP contribution >= 0.6 is 0 Å². The van der Waals surface area contributed by atoms with E-state index in [1.807, 2.05) is 20.1 Å². The molecule has 0 aromatic rings. The summed E-state index contributed by atoms with van der Waals surface area (Å²) in [4.78, 5) is 20.0. The molecule has 1 atom stereocenters. The van der Waals surface area contributed by atoms with Crippen molar-refractivity contribution in [2.45, 2.75) is 97.4 Å². The first-order valence-corrected chi connectivity index (χ1v) is 8.79. The molecule has 0 saturated heterocycles. The number of carboxylic acid groups (broad SMARTS) is 1. The maximum absolute atomic E-state index is 10.1. The van der Waals surface area contributed by atoms with Crippen LogP contribution in [0.5, 0.6) is 0 Å². The molecule has 132 valence electrons. The van der Waals surface area contributed by atoms with Gasteiger partial charge in [-0.2, -0.15) is 6.42 Å². The smallest absolute Gasteiger partial charge is 0.542 e. The first kappa shape index (κ1) is 27.9. The Hall–Kier alpha value is 0.1000. The summed E-state index contributed by atoms with van der Waals surface area (Å²) in [7, 11) is 0. The van der Waals surface area contributed by atoms with Gasteiger partial charge in [-0.15, -0.1) is 0 Å². The quantitative estimate of drug-likeness (QED) is 0.303. The second kappa shape index (κ2) is 22.1. The van der Waals surface area contributed by atoms with E-state index in [4.69, 9.17) is 10.8 Å². The van der Waals surface area contributed by atoms with Crippen LogP contribution < -0.4 is 35.3 Å². The zero-order valence-electron chi connectivity index (χ0n) is 15.8. The molecule has 0 bridgehead atoms. The third kappa shape index (κ3) is 27.3. The average Bonchev–Trinajstić information content (AvgIpc) is 2.45. The van der Waals surface area contributed by atoms with Crippen LogP contribution in [0.2, 0.25) is 0 Å². The molecule has 0 aliphatic carbocycles. The third-order valence-electron chi connectivity index (χ3n) is 3.42. The van der Waals surface area contributed by atoms with Crippen molar-refractivity contribution >= 4 is 12.3 Å². The minimum Gasteiger partial charge on any atom is -0.542 e. The molecular formula is C18H36NNaO3. The van der Waals surface area contributed by atoms with Gasteiger partial charge in [-0.05, 0) is 12.3 Å². The van der Waals surface area contributed by atoms with Crippen molar-refractivity contribution in [3.05, 3.63) is 0 Å². The van der Waals surface area contributed by atoms with Gasteiger partial charge < -0.3 is 15.6 Å². The molecule has 0 radical (unpaired) electrons. The van der Waals surface area contributed by atoms with Crippen molar-refractivity contribution in [1.29, 1.82) is 0 Å². The molecule has 0 unspecified atom stereocenters. The van der Waals surface area contributed by atoms with E-state index in [-0.39, 0.29) is 29.6 Å². The number of nitrogens with two attached hydrogens (primary N) is 1. The van der Waals surface area contributed by atoms with Gasteiger partial charge in [0.25, 0.3) is 0 Å².